The van der Waals surface area contributed by atoms with Gasteiger partial charge in [-0.1, -0.05) is 42.0 Å². The molecule has 2 N–H and O–H groups in total. The van der Waals surface area contributed by atoms with Crippen molar-refractivity contribution in [2.75, 3.05) is 19.6 Å². The molecule has 2 aromatic carbocycles. The molecule has 3 heteroatoms. The van der Waals surface area contributed by atoms with Crippen molar-refractivity contribution in [2.45, 2.75) is 38.2 Å². The number of likely N-dealkylation sites (tertiary alicyclic amines) is 1. The van der Waals surface area contributed by atoms with Gasteiger partial charge in [-0.2, -0.15) is 0 Å². The van der Waals surface area contributed by atoms with E-state index in [1.165, 1.54) is 16.7 Å². The highest BCUT2D eigenvalue weighted by molar-refractivity contribution is 5.26. The van der Waals surface area contributed by atoms with Crippen molar-refractivity contribution < 1.29 is 10.2 Å². The number of aryl methyl sites for hydroxylation is 1. The fourth-order valence-corrected chi connectivity index (χ4v) is 4.92. The third-order valence-corrected chi connectivity index (χ3v) is 6.24. The molecule has 1 heterocycles. The molecule has 138 valence electrons. The van der Waals surface area contributed by atoms with Gasteiger partial charge in [0.15, 0.2) is 0 Å². The van der Waals surface area contributed by atoms with E-state index in [4.69, 9.17) is 0 Å². The molecule has 3 atom stereocenters. The summed E-state index contributed by atoms with van der Waals surface area (Å²) in [6, 6.07) is 16.1. The average Bonchev–Trinajstić information content (AvgIpc) is 3.11. The second-order valence-electron chi connectivity index (χ2n) is 8.49. The normalized spacial score (nSPS) is 28.4. The van der Waals surface area contributed by atoms with Crippen LogP contribution in [-0.4, -0.2) is 40.3 Å². The minimum absolute atomic E-state index is 0.331. The van der Waals surface area contributed by atoms with Crippen molar-refractivity contribution in [1.29, 1.82) is 0 Å². The van der Waals surface area contributed by atoms with Crippen LogP contribution in [0.2, 0.25) is 0 Å². The maximum atomic E-state index is 11.1. The van der Waals surface area contributed by atoms with E-state index >= 15 is 0 Å². The third-order valence-electron chi connectivity index (χ3n) is 6.24. The SMILES string of the molecule is Cc1ccc(CC2(O)C[C@H]3CN(CCc4ccc(O)cc4)C[C@H]3C2)cc1. The summed E-state index contributed by atoms with van der Waals surface area (Å²) in [7, 11) is 0. The predicted octanol–water partition coefficient (Wildman–Crippen LogP) is 3.56. The second-order valence-corrected chi connectivity index (χ2v) is 8.49. The molecule has 1 aliphatic heterocycles. The lowest BCUT2D eigenvalue weighted by Gasteiger charge is -2.26. The van der Waals surface area contributed by atoms with E-state index < -0.39 is 5.60 Å². The summed E-state index contributed by atoms with van der Waals surface area (Å²) in [6.45, 7) is 5.39. The number of nitrogens with zero attached hydrogens (tertiary/aromatic N) is 1. The molecule has 0 aromatic heterocycles. The van der Waals surface area contributed by atoms with Gasteiger partial charge in [-0.25, -0.2) is 0 Å². The summed E-state index contributed by atoms with van der Waals surface area (Å²) in [5.74, 6) is 1.59. The molecule has 26 heavy (non-hydrogen) atoms. The average molecular weight is 351 g/mol. The molecule has 2 aliphatic rings. The van der Waals surface area contributed by atoms with Crippen LogP contribution in [0.4, 0.5) is 0 Å². The van der Waals surface area contributed by atoms with Gasteiger partial charge >= 0.3 is 0 Å². The fourth-order valence-electron chi connectivity index (χ4n) is 4.92. The molecule has 4 rings (SSSR count). The summed E-state index contributed by atoms with van der Waals surface area (Å²) in [5, 5.41) is 20.5. The van der Waals surface area contributed by atoms with Gasteiger partial charge in [0, 0.05) is 26.1 Å². The summed E-state index contributed by atoms with van der Waals surface area (Å²) < 4.78 is 0. The molecular formula is C23H29NO2. The Morgan fingerprint density at radius 3 is 2.12 bits per heavy atom. The highest BCUT2D eigenvalue weighted by Gasteiger charge is 2.47. The van der Waals surface area contributed by atoms with Crippen molar-refractivity contribution in [1.82, 2.24) is 4.90 Å². The van der Waals surface area contributed by atoms with Crippen molar-refractivity contribution in [3.8, 4) is 5.75 Å². The van der Waals surface area contributed by atoms with Crippen LogP contribution in [0, 0.1) is 18.8 Å². The Hall–Kier alpha value is -1.84. The molecule has 0 radical (unpaired) electrons. The number of aromatic hydroxyl groups is 1. The highest BCUT2D eigenvalue weighted by atomic mass is 16.3. The largest absolute Gasteiger partial charge is 0.508 e. The number of aliphatic hydroxyl groups is 1. The maximum absolute atomic E-state index is 11.1. The number of hydrogen-bond donors (Lipinski definition) is 2. The van der Waals surface area contributed by atoms with Crippen LogP contribution in [0.5, 0.6) is 5.75 Å². The van der Waals surface area contributed by atoms with E-state index in [0.717, 1.165) is 45.3 Å². The summed E-state index contributed by atoms with van der Waals surface area (Å²) in [5.41, 5.74) is 3.28. The Balaban J connectivity index is 1.29. The van der Waals surface area contributed by atoms with Crippen LogP contribution in [0.3, 0.4) is 0 Å². The molecule has 1 saturated carbocycles. The van der Waals surface area contributed by atoms with E-state index in [0.29, 0.717) is 17.6 Å². The first-order chi connectivity index (χ1) is 12.5. The zero-order chi connectivity index (χ0) is 18.1. The lowest BCUT2D eigenvalue weighted by atomic mass is 9.91. The van der Waals surface area contributed by atoms with Crippen molar-refractivity contribution in [3.05, 3.63) is 65.2 Å². The van der Waals surface area contributed by atoms with E-state index in [2.05, 4.69) is 36.1 Å². The lowest BCUT2D eigenvalue weighted by Crippen LogP contribution is -2.32. The topological polar surface area (TPSA) is 43.7 Å². The quantitative estimate of drug-likeness (QED) is 0.866. The maximum Gasteiger partial charge on any atom is 0.115 e. The minimum Gasteiger partial charge on any atom is -0.508 e. The van der Waals surface area contributed by atoms with E-state index in [9.17, 15) is 10.2 Å². The zero-order valence-electron chi connectivity index (χ0n) is 15.6. The van der Waals surface area contributed by atoms with E-state index in [1.54, 1.807) is 12.1 Å². The van der Waals surface area contributed by atoms with Crippen LogP contribution >= 0.6 is 0 Å². The van der Waals surface area contributed by atoms with Crippen LogP contribution in [0.15, 0.2) is 48.5 Å². The lowest BCUT2D eigenvalue weighted by molar-refractivity contribution is 0.0355. The molecule has 1 saturated heterocycles. The Morgan fingerprint density at radius 2 is 1.50 bits per heavy atom. The van der Waals surface area contributed by atoms with Gasteiger partial charge in [0.25, 0.3) is 0 Å². The van der Waals surface area contributed by atoms with Crippen molar-refractivity contribution >= 4 is 0 Å². The van der Waals surface area contributed by atoms with E-state index in [-0.39, 0.29) is 0 Å². The molecule has 1 aliphatic carbocycles. The smallest absolute Gasteiger partial charge is 0.115 e. The van der Waals surface area contributed by atoms with Gasteiger partial charge in [-0.05, 0) is 61.3 Å². The van der Waals surface area contributed by atoms with Crippen LogP contribution < -0.4 is 0 Å². The number of fused-ring (bicyclic) bond motifs is 1. The van der Waals surface area contributed by atoms with Gasteiger partial charge in [-0.15, -0.1) is 0 Å². The summed E-state index contributed by atoms with van der Waals surface area (Å²) in [6.07, 6.45) is 3.67. The van der Waals surface area contributed by atoms with Gasteiger partial charge < -0.3 is 15.1 Å². The van der Waals surface area contributed by atoms with Gasteiger partial charge in [0.05, 0.1) is 5.60 Å². The highest BCUT2D eigenvalue weighted by Crippen LogP contribution is 2.45. The first-order valence-electron chi connectivity index (χ1n) is 9.77. The molecule has 0 amide bonds. The van der Waals surface area contributed by atoms with Gasteiger partial charge in [0.1, 0.15) is 5.75 Å². The Bertz CT molecular complexity index is 724. The minimum atomic E-state index is -0.520. The Kier molecular flexibility index (Phi) is 4.76. The van der Waals surface area contributed by atoms with Crippen LogP contribution in [0.25, 0.3) is 0 Å². The van der Waals surface area contributed by atoms with E-state index in [1.807, 2.05) is 12.1 Å². The molecule has 2 aromatic rings. The third kappa shape index (κ3) is 3.94. The molecule has 0 bridgehead atoms. The summed E-state index contributed by atoms with van der Waals surface area (Å²) in [4.78, 5) is 2.55. The standard InChI is InChI=1S/C23H29NO2/c1-17-2-4-19(5-3-17)12-23(26)13-20-15-24(16-21(20)14-23)11-10-18-6-8-22(25)9-7-18/h2-9,20-21,25-26H,10-16H2,1H3/t20-,21+,23?. The molecular weight excluding hydrogens is 322 g/mol. The predicted molar refractivity (Wildman–Crippen MR) is 104 cm³/mol. The van der Waals surface area contributed by atoms with Crippen LogP contribution in [-0.2, 0) is 12.8 Å². The number of phenols is 1. The first-order valence-corrected chi connectivity index (χ1v) is 9.77. The van der Waals surface area contributed by atoms with Gasteiger partial charge in [-0.3, -0.25) is 0 Å². The molecule has 2 fully saturated rings. The number of phenolic OH excluding ortho intramolecular Hbond substituents is 1. The second kappa shape index (κ2) is 7.05. The first kappa shape index (κ1) is 17.6. The van der Waals surface area contributed by atoms with Gasteiger partial charge in [0.2, 0.25) is 0 Å². The molecule has 0 spiro atoms. The number of rotatable bonds is 5. The van der Waals surface area contributed by atoms with Crippen LogP contribution in [0.1, 0.15) is 29.5 Å². The molecule has 3 nitrogen and oxygen atoms in total. The number of hydrogen-bond acceptors (Lipinski definition) is 3. The fraction of sp³-hybridized carbons (Fsp3) is 0.478. The number of benzene rings is 2. The Morgan fingerprint density at radius 1 is 0.923 bits per heavy atom. The monoisotopic (exact) mass is 351 g/mol. The van der Waals surface area contributed by atoms with Crippen molar-refractivity contribution in [2.24, 2.45) is 11.8 Å². The molecule has 1 unspecified atom stereocenters. The summed E-state index contributed by atoms with van der Waals surface area (Å²) >= 11 is 0. The zero-order valence-corrected chi connectivity index (χ0v) is 15.6. The Labute approximate surface area is 156 Å². The van der Waals surface area contributed by atoms with Crippen molar-refractivity contribution in [3.63, 3.8) is 0 Å².